The number of nitrogens with one attached hydrogen (secondary N) is 1. The molecule has 2 N–H and O–H groups in total. The van der Waals surface area contributed by atoms with Crippen molar-refractivity contribution in [1.82, 2.24) is 5.32 Å². The SMILES string of the molecule is OC1CC([C@@H](NC2CCOCC2)c2ccc(F)cc2)C1. The first kappa shape index (κ1) is 14.0. The van der Waals surface area contributed by atoms with E-state index in [9.17, 15) is 9.50 Å². The minimum Gasteiger partial charge on any atom is -0.393 e. The van der Waals surface area contributed by atoms with E-state index in [0.29, 0.717) is 12.0 Å². The fourth-order valence-electron chi connectivity index (χ4n) is 3.19. The summed E-state index contributed by atoms with van der Waals surface area (Å²) in [7, 11) is 0. The van der Waals surface area contributed by atoms with Gasteiger partial charge in [-0.25, -0.2) is 4.39 Å². The maximum atomic E-state index is 13.1. The van der Waals surface area contributed by atoms with Crippen molar-refractivity contribution in [2.24, 2.45) is 5.92 Å². The molecule has 1 aliphatic carbocycles. The zero-order chi connectivity index (χ0) is 13.9. The highest BCUT2D eigenvalue weighted by molar-refractivity contribution is 5.22. The summed E-state index contributed by atoms with van der Waals surface area (Å²) in [5.41, 5.74) is 1.12. The van der Waals surface area contributed by atoms with Gasteiger partial charge in [-0.2, -0.15) is 0 Å². The Bertz CT molecular complexity index is 425. The van der Waals surface area contributed by atoms with Crippen LogP contribution in [0.5, 0.6) is 0 Å². The van der Waals surface area contributed by atoms with Crippen molar-refractivity contribution in [2.75, 3.05) is 13.2 Å². The third-order valence-corrected chi connectivity index (χ3v) is 4.49. The van der Waals surface area contributed by atoms with Gasteiger partial charge in [-0.05, 0) is 49.3 Å². The molecule has 0 aromatic heterocycles. The van der Waals surface area contributed by atoms with Gasteiger partial charge < -0.3 is 15.2 Å². The summed E-state index contributed by atoms with van der Waals surface area (Å²) in [5.74, 6) is 0.241. The van der Waals surface area contributed by atoms with Crippen LogP contribution in [0.15, 0.2) is 24.3 Å². The lowest BCUT2D eigenvalue weighted by molar-refractivity contribution is 0.0146. The minimum atomic E-state index is -0.202. The standard InChI is InChI=1S/C16H22FNO2/c17-13-3-1-11(2-4-13)16(12-9-15(19)10-12)18-14-5-7-20-8-6-14/h1-4,12,14-16,18-19H,5-10H2/t12?,15?,16-/m0/s1. The zero-order valence-corrected chi connectivity index (χ0v) is 11.6. The van der Waals surface area contributed by atoms with E-state index >= 15 is 0 Å². The van der Waals surface area contributed by atoms with Crippen LogP contribution in [0.2, 0.25) is 0 Å². The Balaban J connectivity index is 1.71. The molecule has 1 aromatic rings. The van der Waals surface area contributed by atoms with Gasteiger partial charge in [0.2, 0.25) is 0 Å². The molecular weight excluding hydrogens is 257 g/mol. The van der Waals surface area contributed by atoms with Crippen molar-refractivity contribution in [3.63, 3.8) is 0 Å². The summed E-state index contributed by atoms with van der Waals surface area (Å²) < 4.78 is 18.5. The molecule has 0 unspecified atom stereocenters. The van der Waals surface area contributed by atoms with E-state index in [4.69, 9.17) is 4.74 Å². The predicted molar refractivity (Wildman–Crippen MR) is 74.8 cm³/mol. The van der Waals surface area contributed by atoms with Crippen LogP contribution in [0.1, 0.15) is 37.3 Å². The summed E-state index contributed by atoms with van der Waals surface area (Å²) >= 11 is 0. The molecule has 1 saturated heterocycles. The van der Waals surface area contributed by atoms with Gasteiger partial charge in [-0.3, -0.25) is 0 Å². The van der Waals surface area contributed by atoms with Crippen LogP contribution in [-0.4, -0.2) is 30.5 Å². The molecule has 1 saturated carbocycles. The van der Waals surface area contributed by atoms with Crippen LogP contribution in [-0.2, 0) is 4.74 Å². The second-order valence-corrected chi connectivity index (χ2v) is 5.97. The molecule has 2 aliphatic rings. The van der Waals surface area contributed by atoms with E-state index < -0.39 is 0 Å². The fraction of sp³-hybridized carbons (Fsp3) is 0.625. The lowest BCUT2D eigenvalue weighted by atomic mass is 9.74. The molecule has 0 spiro atoms. The average Bonchev–Trinajstić information content (AvgIpc) is 2.44. The van der Waals surface area contributed by atoms with Crippen molar-refractivity contribution in [1.29, 1.82) is 0 Å². The van der Waals surface area contributed by atoms with Crippen molar-refractivity contribution in [3.8, 4) is 0 Å². The Morgan fingerprint density at radius 3 is 2.40 bits per heavy atom. The molecule has 1 atom stereocenters. The summed E-state index contributed by atoms with van der Waals surface area (Å²) in [6.07, 6.45) is 3.54. The van der Waals surface area contributed by atoms with Crippen LogP contribution < -0.4 is 5.32 Å². The molecule has 0 amide bonds. The van der Waals surface area contributed by atoms with E-state index in [1.54, 1.807) is 0 Å². The van der Waals surface area contributed by atoms with Gasteiger partial charge in [0, 0.05) is 25.3 Å². The molecule has 2 fully saturated rings. The quantitative estimate of drug-likeness (QED) is 0.889. The van der Waals surface area contributed by atoms with Gasteiger partial charge in [0.25, 0.3) is 0 Å². The Kier molecular flexibility index (Phi) is 4.34. The van der Waals surface area contributed by atoms with Crippen LogP contribution >= 0.6 is 0 Å². The minimum absolute atomic E-state index is 0.167. The van der Waals surface area contributed by atoms with Crippen molar-refractivity contribution in [3.05, 3.63) is 35.6 Å². The Morgan fingerprint density at radius 1 is 1.15 bits per heavy atom. The average molecular weight is 279 g/mol. The molecule has 3 nitrogen and oxygen atoms in total. The van der Waals surface area contributed by atoms with E-state index in [2.05, 4.69) is 5.32 Å². The first-order valence-electron chi connectivity index (χ1n) is 7.49. The molecule has 1 heterocycles. The Morgan fingerprint density at radius 2 is 1.80 bits per heavy atom. The van der Waals surface area contributed by atoms with Crippen molar-refractivity contribution in [2.45, 2.75) is 43.9 Å². The number of hydrogen-bond donors (Lipinski definition) is 2. The molecule has 3 rings (SSSR count). The van der Waals surface area contributed by atoms with Gasteiger partial charge in [0.05, 0.1) is 6.10 Å². The number of aliphatic hydroxyl groups excluding tert-OH is 1. The summed E-state index contributed by atoms with van der Waals surface area (Å²) in [4.78, 5) is 0. The van der Waals surface area contributed by atoms with Gasteiger partial charge >= 0.3 is 0 Å². The normalized spacial score (nSPS) is 28.9. The van der Waals surface area contributed by atoms with Crippen LogP contribution in [0.25, 0.3) is 0 Å². The number of hydrogen-bond acceptors (Lipinski definition) is 3. The van der Waals surface area contributed by atoms with Crippen molar-refractivity contribution < 1.29 is 14.2 Å². The molecule has 0 radical (unpaired) electrons. The molecule has 110 valence electrons. The summed E-state index contributed by atoms with van der Waals surface area (Å²) in [6.45, 7) is 1.61. The van der Waals surface area contributed by atoms with E-state index in [-0.39, 0.29) is 18.0 Å². The van der Waals surface area contributed by atoms with Crippen LogP contribution in [0, 0.1) is 11.7 Å². The monoisotopic (exact) mass is 279 g/mol. The Labute approximate surface area is 119 Å². The van der Waals surface area contributed by atoms with E-state index in [1.807, 2.05) is 12.1 Å². The van der Waals surface area contributed by atoms with Gasteiger partial charge in [-0.15, -0.1) is 0 Å². The lowest BCUT2D eigenvalue weighted by Crippen LogP contribution is -2.44. The molecule has 4 heteroatoms. The predicted octanol–water partition coefficient (Wildman–Crippen LogP) is 2.41. The van der Waals surface area contributed by atoms with Gasteiger partial charge in [0.15, 0.2) is 0 Å². The third kappa shape index (κ3) is 3.19. The number of rotatable bonds is 4. The second kappa shape index (κ2) is 6.20. The highest BCUT2D eigenvalue weighted by atomic mass is 19.1. The Hall–Kier alpha value is -0.970. The first-order chi connectivity index (χ1) is 9.72. The molecule has 20 heavy (non-hydrogen) atoms. The molecular formula is C16H22FNO2. The first-order valence-corrected chi connectivity index (χ1v) is 7.49. The fourth-order valence-corrected chi connectivity index (χ4v) is 3.19. The van der Waals surface area contributed by atoms with E-state index in [0.717, 1.165) is 44.5 Å². The maximum absolute atomic E-state index is 13.1. The van der Waals surface area contributed by atoms with Gasteiger partial charge in [-0.1, -0.05) is 12.1 Å². The third-order valence-electron chi connectivity index (χ3n) is 4.49. The molecule has 1 aliphatic heterocycles. The second-order valence-electron chi connectivity index (χ2n) is 5.97. The molecule has 0 bridgehead atoms. The summed E-state index contributed by atoms with van der Waals surface area (Å²) in [5, 5.41) is 13.3. The number of ether oxygens (including phenoxy) is 1. The largest absolute Gasteiger partial charge is 0.393 e. The van der Waals surface area contributed by atoms with Crippen LogP contribution in [0.3, 0.4) is 0 Å². The van der Waals surface area contributed by atoms with Gasteiger partial charge in [0.1, 0.15) is 5.82 Å². The highest BCUT2D eigenvalue weighted by Gasteiger charge is 2.35. The summed E-state index contributed by atoms with van der Waals surface area (Å²) in [6, 6.07) is 7.42. The highest BCUT2D eigenvalue weighted by Crippen LogP contribution is 2.38. The number of aliphatic hydroxyl groups is 1. The molecule has 1 aromatic carbocycles. The maximum Gasteiger partial charge on any atom is 0.123 e. The van der Waals surface area contributed by atoms with Crippen molar-refractivity contribution >= 4 is 0 Å². The topological polar surface area (TPSA) is 41.5 Å². The lowest BCUT2D eigenvalue weighted by Gasteiger charge is -2.40. The zero-order valence-electron chi connectivity index (χ0n) is 11.6. The number of halogens is 1. The van der Waals surface area contributed by atoms with E-state index in [1.165, 1.54) is 12.1 Å². The van der Waals surface area contributed by atoms with Crippen LogP contribution in [0.4, 0.5) is 4.39 Å². The number of benzene rings is 1. The smallest absolute Gasteiger partial charge is 0.123 e.